The van der Waals surface area contributed by atoms with E-state index in [0.717, 1.165) is 29.6 Å². The Balaban J connectivity index is 1.88. The molecule has 6 atom stereocenters. The van der Waals surface area contributed by atoms with Crippen LogP contribution in [0.1, 0.15) is 86.0 Å². The highest BCUT2D eigenvalue weighted by atomic mass is 14.6. The summed E-state index contributed by atoms with van der Waals surface area (Å²) in [5.74, 6) is 4.91. The van der Waals surface area contributed by atoms with Gasteiger partial charge in [0.2, 0.25) is 0 Å². The predicted molar refractivity (Wildman–Crippen MR) is 87.6 cm³/mol. The highest BCUT2D eigenvalue weighted by Crippen LogP contribution is 2.63. The Labute approximate surface area is 127 Å². The first-order valence-electron chi connectivity index (χ1n) is 9.37. The van der Waals surface area contributed by atoms with Gasteiger partial charge in [-0.2, -0.15) is 0 Å². The van der Waals surface area contributed by atoms with Gasteiger partial charge in [-0.25, -0.2) is 0 Å². The Kier molecular flexibility index (Phi) is 3.75. The van der Waals surface area contributed by atoms with E-state index < -0.39 is 0 Å². The molecule has 3 rings (SSSR count). The van der Waals surface area contributed by atoms with Gasteiger partial charge in [0.05, 0.1) is 0 Å². The summed E-state index contributed by atoms with van der Waals surface area (Å²) in [4.78, 5) is 0. The fourth-order valence-corrected chi connectivity index (χ4v) is 6.80. The number of rotatable bonds is 1. The third kappa shape index (κ3) is 2.17. The maximum atomic E-state index is 2.67. The zero-order chi connectivity index (χ0) is 14.5. The molecule has 0 amide bonds. The second-order valence-corrected chi connectivity index (χ2v) is 9.50. The third-order valence-electron chi connectivity index (χ3n) is 8.17. The Morgan fingerprint density at radius 1 is 0.950 bits per heavy atom. The first-order valence-corrected chi connectivity index (χ1v) is 9.37. The van der Waals surface area contributed by atoms with Gasteiger partial charge >= 0.3 is 0 Å². The first-order chi connectivity index (χ1) is 9.37. The SMILES string of the molecule is CC(C)C1CCC2CC3C(C)CCCC3(C)CCC21C. The molecule has 0 nitrogen and oxygen atoms in total. The van der Waals surface area contributed by atoms with Crippen LogP contribution in [0.15, 0.2) is 0 Å². The van der Waals surface area contributed by atoms with Gasteiger partial charge < -0.3 is 0 Å². The minimum Gasteiger partial charge on any atom is -0.0625 e. The van der Waals surface area contributed by atoms with E-state index in [1.165, 1.54) is 44.9 Å². The van der Waals surface area contributed by atoms with Gasteiger partial charge in [0.15, 0.2) is 0 Å². The molecular formula is C20H36. The third-order valence-corrected chi connectivity index (χ3v) is 8.17. The van der Waals surface area contributed by atoms with Crippen LogP contribution in [0.2, 0.25) is 0 Å². The van der Waals surface area contributed by atoms with Gasteiger partial charge in [0.25, 0.3) is 0 Å². The topological polar surface area (TPSA) is 0 Å². The normalized spacial score (nSPS) is 52.5. The van der Waals surface area contributed by atoms with Crippen LogP contribution in [0.25, 0.3) is 0 Å². The van der Waals surface area contributed by atoms with E-state index in [9.17, 15) is 0 Å². The van der Waals surface area contributed by atoms with E-state index >= 15 is 0 Å². The Hall–Kier alpha value is 0. The lowest BCUT2D eigenvalue weighted by Gasteiger charge is -2.45. The van der Waals surface area contributed by atoms with Crippen LogP contribution in [0, 0.1) is 40.4 Å². The van der Waals surface area contributed by atoms with Gasteiger partial charge in [0.1, 0.15) is 0 Å². The largest absolute Gasteiger partial charge is 0.0625 e. The molecule has 0 radical (unpaired) electrons. The van der Waals surface area contributed by atoms with E-state index in [4.69, 9.17) is 0 Å². The summed E-state index contributed by atoms with van der Waals surface area (Å²) in [6.07, 6.45) is 12.1. The molecule has 0 aliphatic heterocycles. The van der Waals surface area contributed by atoms with Crippen LogP contribution in [-0.4, -0.2) is 0 Å². The van der Waals surface area contributed by atoms with Crippen LogP contribution in [0.5, 0.6) is 0 Å². The van der Waals surface area contributed by atoms with E-state index in [0.29, 0.717) is 10.8 Å². The predicted octanol–water partition coefficient (Wildman–Crippen LogP) is 6.30. The smallest absolute Gasteiger partial charge is 0.0266 e. The van der Waals surface area contributed by atoms with Crippen molar-refractivity contribution in [3.8, 4) is 0 Å². The highest BCUT2D eigenvalue weighted by Gasteiger charge is 2.53. The number of hydrogen-bond acceptors (Lipinski definition) is 0. The summed E-state index contributed by atoms with van der Waals surface area (Å²) in [5.41, 5.74) is 1.33. The Morgan fingerprint density at radius 3 is 2.40 bits per heavy atom. The minimum absolute atomic E-state index is 0.661. The fraction of sp³-hybridized carbons (Fsp3) is 1.00. The second-order valence-electron chi connectivity index (χ2n) is 9.50. The Bertz CT molecular complexity index is 357. The molecule has 0 heteroatoms. The highest BCUT2D eigenvalue weighted by molar-refractivity contribution is 5.03. The summed E-state index contributed by atoms with van der Waals surface area (Å²) < 4.78 is 0. The molecule has 3 saturated carbocycles. The molecule has 0 aromatic carbocycles. The molecule has 6 unspecified atom stereocenters. The molecule has 0 heterocycles. The second kappa shape index (κ2) is 5.03. The van der Waals surface area contributed by atoms with E-state index in [1.807, 2.05) is 0 Å². The molecule has 0 bridgehead atoms. The molecule has 3 aliphatic carbocycles. The summed E-state index contributed by atoms with van der Waals surface area (Å²) in [6.45, 7) is 12.8. The van der Waals surface area contributed by atoms with E-state index in [-0.39, 0.29) is 0 Å². The van der Waals surface area contributed by atoms with Crippen molar-refractivity contribution >= 4 is 0 Å². The summed E-state index contributed by atoms with van der Waals surface area (Å²) >= 11 is 0. The van der Waals surface area contributed by atoms with E-state index in [1.54, 1.807) is 6.42 Å². The molecule has 0 N–H and O–H groups in total. The summed E-state index contributed by atoms with van der Waals surface area (Å²) in [6, 6.07) is 0. The van der Waals surface area contributed by atoms with Crippen molar-refractivity contribution in [3.05, 3.63) is 0 Å². The van der Waals surface area contributed by atoms with Crippen LogP contribution < -0.4 is 0 Å². The van der Waals surface area contributed by atoms with Crippen LogP contribution >= 0.6 is 0 Å². The molecule has 0 aromatic heterocycles. The molecule has 3 fully saturated rings. The van der Waals surface area contributed by atoms with Crippen molar-refractivity contribution in [3.63, 3.8) is 0 Å². The fourth-order valence-electron chi connectivity index (χ4n) is 6.80. The Morgan fingerprint density at radius 2 is 1.70 bits per heavy atom. The number of hydrogen-bond donors (Lipinski definition) is 0. The molecule has 0 aromatic rings. The van der Waals surface area contributed by atoms with Crippen molar-refractivity contribution in [1.82, 2.24) is 0 Å². The molecule has 20 heavy (non-hydrogen) atoms. The van der Waals surface area contributed by atoms with Crippen LogP contribution in [-0.2, 0) is 0 Å². The van der Waals surface area contributed by atoms with E-state index in [2.05, 4.69) is 34.6 Å². The minimum atomic E-state index is 0.661. The average Bonchev–Trinajstić information content (AvgIpc) is 2.64. The monoisotopic (exact) mass is 276 g/mol. The zero-order valence-corrected chi connectivity index (χ0v) is 14.5. The first kappa shape index (κ1) is 14.9. The molecule has 3 aliphatic rings. The number of fused-ring (bicyclic) bond motifs is 2. The standard InChI is InChI=1S/C20H36/c1-14(2)17-9-8-16-13-18-15(3)7-6-10-19(18,4)11-12-20(16,17)5/h14-18H,6-13H2,1-5H3. The summed E-state index contributed by atoms with van der Waals surface area (Å²) in [7, 11) is 0. The van der Waals surface area contributed by atoms with Gasteiger partial charge in [-0.15, -0.1) is 0 Å². The lowest BCUT2D eigenvalue weighted by Crippen LogP contribution is -2.35. The van der Waals surface area contributed by atoms with Crippen molar-refractivity contribution < 1.29 is 0 Å². The summed E-state index contributed by atoms with van der Waals surface area (Å²) in [5, 5.41) is 0. The molecular weight excluding hydrogens is 240 g/mol. The average molecular weight is 277 g/mol. The molecule has 0 spiro atoms. The maximum Gasteiger partial charge on any atom is -0.0266 e. The van der Waals surface area contributed by atoms with Crippen LogP contribution in [0.4, 0.5) is 0 Å². The van der Waals surface area contributed by atoms with Crippen molar-refractivity contribution in [1.29, 1.82) is 0 Å². The lowest BCUT2D eigenvalue weighted by atomic mass is 9.60. The van der Waals surface area contributed by atoms with Crippen molar-refractivity contribution in [2.24, 2.45) is 40.4 Å². The van der Waals surface area contributed by atoms with Gasteiger partial charge in [0, 0.05) is 0 Å². The quantitative estimate of drug-likeness (QED) is 0.527. The maximum absolute atomic E-state index is 2.67. The van der Waals surface area contributed by atoms with Crippen LogP contribution in [0.3, 0.4) is 0 Å². The van der Waals surface area contributed by atoms with Gasteiger partial charge in [-0.05, 0) is 78.9 Å². The zero-order valence-electron chi connectivity index (χ0n) is 14.5. The molecule has 0 saturated heterocycles. The van der Waals surface area contributed by atoms with Gasteiger partial charge in [-0.3, -0.25) is 0 Å². The van der Waals surface area contributed by atoms with Crippen molar-refractivity contribution in [2.75, 3.05) is 0 Å². The lowest BCUT2D eigenvalue weighted by molar-refractivity contribution is 0.0513. The van der Waals surface area contributed by atoms with Gasteiger partial charge in [-0.1, -0.05) is 47.5 Å². The molecule has 116 valence electrons. The van der Waals surface area contributed by atoms with Crippen molar-refractivity contribution in [2.45, 2.75) is 86.0 Å².